The summed E-state index contributed by atoms with van der Waals surface area (Å²) in [5.41, 5.74) is 5.13. The topological polar surface area (TPSA) is 64.7 Å². The van der Waals surface area contributed by atoms with Gasteiger partial charge in [0.2, 0.25) is 5.91 Å². The molecule has 146 valence electrons. The fourth-order valence-electron chi connectivity index (χ4n) is 3.34. The molecule has 0 saturated heterocycles. The Labute approximate surface area is 169 Å². The Morgan fingerprint density at radius 2 is 1.72 bits per heavy atom. The van der Waals surface area contributed by atoms with Crippen LogP contribution in [0.4, 0.5) is 5.82 Å². The minimum atomic E-state index is -0.0707. The number of aryl methyl sites for hydroxylation is 2. The first-order valence-corrected chi connectivity index (χ1v) is 9.57. The number of aromatic nitrogens is 4. The number of rotatable bonds is 6. The highest BCUT2D eigenvalue weighted by Crippen LogP contribution is 2.15. The van der Waals surface area contributed by atoms with Gasteiger partial charge in [0, 0.05) is 11.8 Å². The molecule has 2 aromatic heterocycles. The summed E-state index contributed by atoms with van der Waals surface area (Å²) in [5.74, 6) is 0.622. The van der Waals surface area contributed by atoms with E-state index in [-0.39, 0.29) is 5.91 Å². The normalized spacial score (nSPS) is 10.8. The van der Waals surface area contributed by atoms with Crippen molar-refractivity contribution in [3.63, 3.8) is 0 Å². The summed E-state index contributed by atoms with van der Waals surface area (Å²) in [4.78, 5) is 12.5. The molecule has 0 spiro atoms. The molecule has 0 saturated carbocycles. The molecular formula is C23H23N5O. The van der Waals surface area contributed by atoms with Crippen LogP contribution in [0.1, 0.15) is 22.5 Å². The van der Waals surface area contributed by atoms with Gasteiger partial charge in [0.15, 0.2) is 0 Å². The predicted octanol–water partition coefficient (Wildman–Crippen LogP) is 3.92. The molecule has 4 aromatic rings. The van der Waals surface area contributed by atoms with Crippen molar-refractivity contribution in [2.24, 2.45) is 0 Å². The van der Waals surface area contributed by atoms with Crippen molar-refractivity contribution in [2.45, 2.75) is 26.8 Å². The van der Waals surface area contributed by atoms with Crippen LogP contribution in [-0.2, 0) is 17.8 Å². The first-order valence-electron chi connectivity index (χ1n) is 9.57. The Hall–Kier alpha value is -3.67. The molecule has 0 aliphatic rings. The van der Waals surface area contributed by atoms with Crippen LogP contribution in [0, 0.1) is 13.8 Å². The summed E-state index contributed by atoms with van der Waals surface area (Å²) >= 11 is 0. The van der Waals surface area contributed by atoms with E-state index in [2.05, 4.69) is 15.5 Å². The van der Waals surface area contributed by atoms with E-state index in [0.717, 1.165) is 28.2 Å². The molecule has 4 rings (SSSR count). The summed E-state index contributed by atoms with van der Waals surface area (Å²) < 4.78 is 3.69. The molecule has 0 radical (unpaired) electrons. The van der Waals surface area contributed by atoms with Crippen molar-refractivity contribution in [3.8, 4) is 5.69 Å². The quantitative estimate of drug-likeness (QED) is 0.547. The van der Waals surface area contributed by atoms with Crippen LogP contribution in [0.2, 0.25) is 0 Å². The highest BCUT2D eigenvalue weighted by Gasteiger charge is 2.10. The maximum atomic E-state index is 12.5. The third-order valence-electron chi connectivity index (χ3n) is 4.71. The molecule has 6 nitrogen and oxygen atoms in total. The van der Waals surface area contributed by atoms with E-state index >= 15 is 0 Å². The largest absolute Gasteiger partial charge is 0.311 e. The Morgan fingerprint density at radius 1 is 0.966 bits per heavy atom. The van der Waals surface area contributed by atoms with E-state index in [1.165, 1.54) is 0 Å². The maximum Gasteiger partial charge on any atom is 0.229 e. The molecule has 0 atom stereocenters. The molecule has 1 amide bonds. The Morgan fingerprint density at radius 3 is 2.41 bits per heavy atom. The van der Waals surface area contributed by atoms with Gasteiger partial charge >= 0.3 is 0 Å². The van der Waals surface area contributed by atoms with Gasteiger partial charge in [-0.15, -0.1) is 0 Å². The van der Waals surface area contributed by atoms with Crippen LogP contribution in [0.5, 0.6) is 0 Å². The van der Waals surface area contributed by atoms with Crippen LogP contribution in [0.25, 0.3) is 5.69 Å². The van der Waals surface area contributed by atoms with Crippen molar-refractivity contribution < 1.29 is 4.79 Å². The van der Waals surface area contributed by atoms with Gasteiger partial charge in [-0.25, -0.2) is 9.36 Å². The average molecular weight is 385 g/mol. The number of carbonyl (C=O) groups is 1. The van der Waals surface area contributed by atoms with E-state index in [1.807, 2.05) is 85.3 Å². The van der Waals surface area contributed by atoms with Gasteiger partial charge < -0.3 is 5.32 Å². The molecule has 6 heteroatoms. The van der Waals surface area contributed by atoms with Crippen LogP contribution in [0.3, 0.4) is 0 Å². The number of carbonyl (C=O) groups excluding carboxylic acids is 1. The van der Waals surface area contributed by atoms with Gasteiger partial charge in [0.05, 0.1) is 30.5 Å². The minimum Gasteiger partial charge on any atom is -0.311 e. The lowest BCUT2D eigenvalue weighted by Gasteiger charge is -2.10. The second kappa shape index (κ2) is 8.14. The number of hydrogen-bond acceptors (Lipinski definition) is 3. The van der Waals surface area contributed by atoms with E-state index in [9.17, 15) is 4.79 Å². The van der Waals surface area contributed by atoms with Gasteiger partial charge in [0.25, 0.3) is 0 Å². The van der Waals surface area contributed by atoms with E-state index < -0.39 is 0 Å². The Balaban J connectivity index is 1.40. The first kappa shape index (κ1) is 18.7. The second-order valence-corrected chi connectivity index (χ2v) is 7.09. The van der Waals surface area contributed by atoms with Crippen LogP contribution in [0.15, 0.2) is 72.9 Å². The fourth-order valence-corrected chi connectivity index (χ4v) is 3.34. The van der Waals surface area contributed by atoms with E-state index in [4.69, 9.17) is 0 Å². The van der Waals surface area contributed by atoms with Gasteiger partial charge in [-0.05, 0) is 43.2 Å². The van der Waals surface area contributed by atoms with Crippen LogP contribution in [-0.4, -0.2) is 25.5 Å². The highest BCUT2D eigenvalue weighted by atomic mass is 16.1. The van der Waals surface area contributed by atoms with Gasteiger partial charge in [-0.2, -0.15) is 10.2 Å². The van der Waals surface area contributed by atoms with Crippen molar-refractivity contribution >= 4 is 11.7 Å². The number of hydrogen-bond donors (Lipinski definition) is 1. The fraction of sp³-hybridized carbons (Fsp3) is 0.174. The van der Waals surface area contributed by atoms with Gasteiger partial charge in [-0.3, -0.25) is 4.79 Å². The number of anilines is 1. The Kier molecular flexibility index (Phi) is 5.24. The predicted molar refractivity (Wildman–Crippen MR) is 113 cm³/mol. The average Bonchev–Trinajstić information content (AvgIpc) is 3.28. The minimum absolute atomic E-state index is 0.0707. The van der Waals surface area contributed by atoms with Crippen molar-refractivity contribution in [1.82, 2.24) is 19.6 Å². The molecular weight excluding hydrogens is 362 g/mol. The molecule has 0 bridgehead atoms. The third kappa shape index (κ3) is 4.43. The smallest absolute Gasteiger partial charge is 0.229 e. The van der Waals surface area contributed by atoms with Crippen LogP contribution < -0.4 is 5.32 Å². The summed E-state index contributed by atoms with van der Waals surface area (Å²) in [6, 6.07) is 21.8. The highest BCUT2D eigenvalue weighted by molar-refractivity contribution is 5.91. The monoisotopic (exact) mass is 385 g/mol. The van der Waals surface area contributed by atoms with Gasteiger partial charge in [0.1, 0.15) is 5.82 Å². The number of amides is 1. The number of benzene rings is 2. The zero-order valence-corrected chi connectivity index (χ0v) is 16.5. The lowest BCUT2D eigenvalue weighted by molar-refractivity contribution is -0.115. The van der Waals surface area contributed by atoms with Gasteiger partial charge in [-0.1, -0.05) is 42.5 Å². The second-order valence-electron chi connectivity index (χ2n) is 7.09. The molecule has 0 aliphatic carbocycles. The standard InChI is InChI=1S/C23H23N5O/c1-17-14-18(2)28(26-17)21-10-8-19(9-11-21)15-23(29)25-22-12-13-24-27(22)16-20-6-4-3-5-7-20/h3-14H,15-16H2,1-2H3,(H,25,29). The number of nitrogens with zero attached hydrogens (tertiary/aromatic N) is 4. The van der Waals surface area contributed by atoms with Crippen LogP contribution >= 0.6 is 0 Å². The zero-order valence-electron chi connectivity index (χ0n) is 16.5. The summed E-state index contributed by atoms with van der Waals surface area (Å²) in [6.45, 7) is 4.62. The molecule has 0 unspecified atom stereocenters. The summed E-state index contributed by atoms with van der Waals surface area (Å²) in [6.07, 6.45) is 2.00. The lowest BCUT2D eigenvalue weighted by atomic mass is 10.1. The molecule has 1 N–H and O–H groups in total. The zero-order chi connectivity index (χ0) is 20.2. The molecule has 0 aliphatic heterocycles. The number of nitrogens with one attached hydrogen (secondary N) is 1. The summed E-state index contributed by atoms with van der Waals surface area (Å²) in [5, 5.41) is 11.8. The lowest BCUT2D eigenvalue weighted by Crippen LogP contribution is -2.18. The SMILES string of the molecule is Cc1cc(C)n(-c2ccc(CC(=O)Nc3ccnn3Cc3ccccc3)cc2)n1. The molecule has 0 fully saturated rings. The Bertz CT molecular complexity index is 1110. The van der Waals surface area contributed by atoms with Crippen molar-refractivity contribution in [3.05, 3.63) is 95.4 Å². The first-order chi connectivity index (χ1) is 14.1. The van der Waals surface area contributed by atoms with Crippen molar-refractivity contribution in [2.75, 3.05) is 5.32 Å². The molecule has 29 heavy (non-hydrogen) atoms. The molecule has 2 aromatic carbocycles. The van der Waals surface area contributed by atoms with E-state index in [0.29, 0.717) is 18.8 Å². The molecule has 2 heterocycles. The maximum absolute atomic E-state index is 12.5. The summed E-state index contributed by atoms with van der Waals surface area (Å²) in [7, 11) is 0. The van der Waals surface area contributed by atoms with E-state index in [1.54, 1.807) is 10.9 Å². The third-order valence-corrected chi connectivity index (χ3v) is 4.71. The van der Waals surface area contributed by atoms with Crippen molar-refractivity contribution in [1.29, 1.82) is 0 Å².